The summed E-state index contributed by atoms with van der Waals surface area (Å²) in [7, 11) is 0. The number of phenols is 1. The van der Waals surface area contributed by atoms with Gasteiger partial charge in [0.15, 0.2) is 0 Å². The highest BCUT2D eigenvalue weighted by Gasteiger charge is 2.14. The number of carboxylic acid groups (broad SMARTS) is 1. The zero-order valence-electron chi connectivity index (χ0n) is 16.0. The second kappa shape index (κ2) is 14.5. The lowest BCUT2D eigenvalue weighted by Crippen LogP contribution is -2.04. The lowest BCUT2D eigenvalue weighted by molar-refractivity contribution is -0.132. The third-order valence-corrected chi connectivity index (χ3v) is 3.84. The quantitative estimate of drug-likeness (QED) is 0.387. The Morgan fingerprint density at radius 2 is 1.68 bits per heavy atom. The number of unbranched alkanes of at least 4 members (excludes halogenated alkanes) is 5. The molecule has 0 spiro atoms. The number of aromatic hydroxyl groups is 1. The van der Waals surface area contributed by atoms with Crippen molar-refractivity contribution in [2.75, 3.05) is 6.61 Å². The molecule has 0 heterocycles. The molecule has 2 N–H and O–H groups in total. The highest BCUT2D eigenvalue weighted by atomic mass is 16.5. The first-order valence-electron chi connectivity index (χ1n) is 9.22. The van der Waals surface area contributed by atoms with Crippen molar-refractivity contribution in [2.45, 2.75) is 71.8 Å². The van der Waals surface area contributed by atoms with Gasteiger partial charge in [-0.3, -0.25) is 0 Å². The Labute approximate surface area is 152 Å². The van der Waals surface area contributed by atoms with Gasteiger partial charge in [-0.15, -0.1) is 0 Å². The normalized spacial score (nSPS) is 11.3. The van der Waals surface area contributed by atoms with Gasteiger partial charge in [-0.1, -0.05) is 70.2 Å². The third kappa shape index (κ3) is 11.4. The predicted molar refractivity (Wildman–Crippen MR) is 103 cm³/mol. The van der Waals surface area contributed by atoms with Crippen molar-refractivity contribution in [3.05, 3.63) is 42.0 Å². The van der Waals surface area contributed by atoms with E-state index < -0.39 is 5.97 Å². The molecule has 0 aliphatic heterocycles. The van der Waals surface area contributed by atoms with Crippen LogP contribution in [0.25, 0.3) is 0 Å². The number of hydrogen-bond donors (Lipinski definition) is 2. The second-order valence-electron chi connectivity index (χ2n) is 6.14. The third-order valence-electron chi connectivity index (χ3n) is 3.84. The molecule has 1 unspecified atom stereocenters. The molecule has 4 heteroatoms. The predicted octanol–water partition coefficient (Wildman–Crippen LogP) is 5.87. The topological polar surface area (TPSA) is 66.8 Å². The van der Waals surface area contributed by atoms with E-state index in [-0.39, 0.29) is 11.7 Å². The van der Waals surface area contributed by atoms with Crippen molar-refractivity contribution in [3.63, 3.8) is 0 Å². The Kier molecular flexibility index (Phi) is 13.5. The lowest BCUT2D eigenvalue weighted by Gasteiger charge is -2.18. The van der Waals surface area contributed by atoms with E-state index in [1.165, 1.54) is 45.4 Å². The molecule has 0 saturated carbocycles. The van der Waals surface area contributed by atoms with Crippen LogP contribution in [0.15, 0.2) is 36.4 Å². The standard InChI is InChI=1S/C17H28O2.C4H6O2/c1-3-5-6-7-8-9-14-17(19-4-2)15-12-10-11-13-16(15)18;1-3(2)4(5)6/h10-13,17-18H,3-9,14H2,1-2H3;1H2,2H3,(H,5,6). The van der Waals surface area contributed by atoms with Crippen LogP contribution in [0, 0.1) is 0 Å². The highest BCUT2D eigenvalue weighted by Crippen LogP contribution is 2.30. The van der Waals surface area contributed by atoms with Crippen molar-refractivity contribution in [2.24, 2.45) is 0 Å². The lowest BCUT2D eigenvalue weighted by atomic mass is 10.0. The van der Waals surface area contributed by atoms with Gasteiger partial charge < -0.3 is 14.9 Å². The van der Waals surface area contributed by atoms with E-state index >= 15 is 0 Å². The van der Waals surface area contributed by atoms with E-state index in [0.29, 0.717) is 12.4 Å². The van der Waals surface area contributed by atoms with Gasteiger partial charge in [-0.25, -0.2) is 4.79 Å². The number of benzene rings is 1. The van der Waals surface area contributed by atoms with E-state index in [9.17, 15) is 9.90 Å². The first-order chi connectivity index (χ1) is 11.9. The van der Waals surface area contributed by atoms with Crippen LogP contribution in [-0.2, 0) is 9.53 Å². The fourth-order valence-electron chi connectivity index (χ4n) is 2.40. The maximum Gasteiger partial charge on any atom is 0.330 e. The molecule has 1 aromatic carbocycles. The molecule has 0 bridgehead atoms. The average Bonchev–Trinajstić information content (AvgIpc) is 2.58. The van der Waals surface area contributed by atoms with Crippen LogP contribution in [0.4, 0.5) is 0 Å². The molecule has 1 atom stereocenters. The van der Waals surface area contributed by atoms with E-state index in [4.69, 9.17) is 9.84 Å². The monoisotopic (exact) mass is 350 g/mol. The fourth-order valence-corrected chi connectivity index (χ4v) is 2.40. The molecule has 1 aromatic rings. The number of para-hydroxylation sites is 1. The molecule has 4 nitrogen and oxygen atoms in total. The number of aliphatic carboxylic acids is 1. The second-order valence-corrected chi connectivity index (χ2v) is 6.14. The minimum Gasteiger partial charge on any atom is -0.508 e. The first kappa shape index (κ1) is 23.2. The van der Waals surface area contributed by atoms with Gasteiger partial charge in [0.2, 0.25) is 0 Å². The van der Waals surface area contributed by atoms with E-state index in [1.807, 2.05) is 25.1 Å². The Bertz CT molecular complexity index is 484. The van der Waals surface area contributed by atoms with Crippen LogP contribution in [0.5, 0.6) is 5.75 Å². The van der Waals surface area contributed by atoms with Gasteiger partial charge in [0.1, 0.15) is 5.75 Å². The zero-order chi connectivity index (χ0) is 19.1. The maximum atomic E-state index is 9.90. The summed E-state index contributed by atoms with van der Waals surface area (Å²) in [5, 5.41) is 17.8. The summed E-state index contributed by atoms with van der Waals surface area (Å²) >= 11 is 0. The van der Waals surface area contributed by atoms with E-state index in [2.05, 4.69) is 13.5 Å². The summed E-state index contributed by atoms with van der Waals surface area (Å²) in [6.45, 7) is 9.54. The minimum absolute atomic E-state index is 0.0392. The molecule has 25 heavy (non-hydrogen) atoms. The van der Waals surface area contributed by atoms with Crippen molar-refractivity contribution >= 4 is 5.97 Å². The summed E-state index contributed by atoms with van der Waals surface area (Å²) in [5.41, 5.74) is 1.10. The van der Waals surface area contributed by atoms with Gasteiger partial charge in [0.05, 0.1) is 6.10 Å². The minimum atomic E-state index is -0.935. The van der Waals surface area contributed by atoms with Gasteiger partial charge in [-0.05, 0) is 26.3 Å². The smallest absolute Gasteiger partial charge is 0.330 e. The first-order valence-corrected chi connectivity index (χ1v) is 9.22. The van der Waals surface area contributed by atoms with Crippen molar-refractivity contribution in [3.8, 4) is 5.75 Å². The Morgan fingerprint density at radius 3 is 2.20 bits per heavy atom. The van der Waals surface area contributed by atoms with Gasteiger partial charge in [-0.2, -0.15) is 0 Å². The average molecular weight is 350 g/mol. The van der Waals surface area contributed by atoms with Crippen molar-refractivity contribution in [1.29, 1.82) is 0 Å². The molecule has 0 radical (unpaired) electrons. The molecule has 1 rings (SSSR count). The summed E-state index contributed by atoms with van der Waals surface area (Å²) in [6.07, 6.45) is 8.75. The molecule has 0 aliphatic rings. The summed E-state index contributed by atoms with van der Waals surface area (Å²) in [5.74, 6) is -0.582. The SMILES string of the molecule is C=C(C)C(=O)O.CCCCCCCCC(OCC)c1ccccc1O. The van der Waals surface area contributed by atoms with Crippen LogP contribution in [-0.4, -0.2) is 22.8 Å². The molecular formula is C21H34O4. The molecule has 0 aromatic heterocycles. The number of hydrogen-bond acceptors (Lipinski definition) is 3. The summed E-state index contributed by atoms with van der Waals surface area (Å²) in [6, 6.07) is 7.52. The zero-order valence-corrected chi connectivity index (χ0v) is 16.0. The van der Waals surface area contributed by atoms with Crippen molar-refractivity contribution < 1.29 is 19.7 Å². The van der Waals surface area contributed by atoms with E-state index in [1.54, 1.807) is 6.07 Å². The van der Waals surface area contributed by atoms with Gasteiger partial charge in [0.25, 0.3) is 0 Å². The van der Waals surface area contributed by atoms with Gasteiger partial charge >= 0.3 is 5.97 Å². The largest absolute Gasteiger partial charge is 0.508 e. The fraction of sp³-hybridized carbons (Fsp3) is 0.571. The number of ether oxygens (including phenoxy) is 1. The van der Waals surface area contributed by atoms with Crippen LogP contribution in [0.2, 0.25) is 0 Å². The number of carbonyl (C=O) groups is 1. The molecule has 0 aliphatic carbocycles. The maximum absolute atomic E-state index is 9.90. The molecule has 0 fully saturated rings. The van der Waals surface area contributed by atoms with E-state index in [0.717, 1.165) is 12.0 Å². The molecule has 0 amide bonds. The van der Waals surface area contributed by atoms with Crippen LogP contribution >= 0.6 is 0 Å². The van der Waals surface area contributed by atoms with Crippen LogP contribution in [0.1, 0.15) is 77.4 Å². The number of carboxylic acids is 1. The molecule has 142 valence electrons. The summed E-state index contributed by atoms with van der Waals surface area (Å²) < 4.78 is 5.78. The Morgan fingerprint density at radius 1 is 1.12 bits per heavy atom. The Balaban J connectivity index is 0.000000823. The number of rotatable bonds is 11. The van der Waals surface area contributed by atoms with Crippen LogP contribution < -0.4 is 0 Å². The number of phenolic OH excluding ortho intramolecular Hbond substituents is 1. The highest BCUT2D eigenvalue weighted by molar-refractivity contribution is 5.84. The molecule has 0 saturated heterocycles. The Hall–Kier alpha value is -1.81. The van der Waals surface area contributed by atoms with Crippen LogP contribution in [0.3, 0.4) is 0 Å². The van der Waals surface area contributed by atoms with Crippen molar-refractivity contribution in [1.82, 2.24) is 0 Å². The summed E-state index contributed by atoms with van der Waals surface area (Å²) in [4.78, 5) is 9.60. The molecular weight excluding hydrogens is 316 g/mol. The van der Waals surface area contributed by atoms with Gasteiger partial charge in [0, 0.05) is 17.7 Å².